The number of anilines is 3. The summed E-state index contributed by atoms with van der Waals surface area (Å²) in [5.41, 5.74) is 1.13. The van der Waals surface area contributed by atoms with Crippen molar-refractivity contribution in [2.24, 2.45) is 0 Å². The molecule has 1 aromatic carbocycles. The molecule has 1 N–H and O–H groups in total. The van der Waals surface area contributed by atoms with E-state index in [1.54, 1.807) is 30.6 Å². The van der Waals surface area contributed by atoms with Crippen molar-refractivity contribution in [2.75, 3.05) is 36.4 Å². The average Bonchev–Trinajstić information content (AvgIpc) is 2.74. The first-order valence-corrected chi connectivity index (χ1v) is 9.38. The second-order valence-corrected chi connectivity index (χ2v) is 6.80. The quantitative estimate of drug-likeness (QED) is 0.732. The average molecular weight is 395 g/mol. The van der Waals surface area contributed by atoms with Crippen LogP contribution in [-0.2, 0) is 0 Å². The number of piperazine rings is 1. The molecule has 0 unspecified atom stereocenters. The van der Waals surface area contributed by atoms with Crippen molar-refractivity contribution < 1.29 is 4.79 Å². The van der Waals surface area contributed by atoms with E-state index in [1.807, 2.05) is 35.2 Å². The third-order valence-electron chi connectivity index (χ3n) is 4.50. The van der Waals surface area contributed by atoms with E-state index in [1.165, 1.54) is 0 Å². The molecule has 0 atom stereocenters. The standard InChI is InChI=1S/C20H19ClN6O/c21-15-4-3-5-16(14-15)24-20-23-9-7-17(25-20)19(28)27-12-10-26(11-13-27)18-6-1-2-8-22-18/h1-9,14H,10-13H2,(H,23,24,25). The highest BCUT2D eigenvalue weighted by Crippen LogP contribution is 2.18. The van der Waals surface area contributed by atoms with Gasteiger partial charge in [0.25, 0.3) is 5.91 Å². The van der Waals surface area contributed by atoms with Crippen molar-refractivity contribution in [2.45, 2.75) is 0 Å². The Morgan fingerprint density at radius 1 is 0.964 bits per heavy atom. The minimum atomic E-state index is -0.0998. The third-order valence-corrected chi connectivity index (χ3v) is 4.73. The summed E-state index contributed by atoms with van der Waals surface area (Å²) in [5.74, 6) is 1.20. The molecule has 3 heterocycles. The van der Waals surface area contributed by atoms with Crippen molar-refractivity contribution in [3.63, 3.8) is 0 Å². The van der Waals surface area contributed by atoms with Crippen LogP contribution in [-0.4, -0.2) is 51.9 Å². The molecule has 28 heavy (non-hydrogen) atoms. The Labute approximate surface area is 168 Å². The number of aromatic nitrogens is 3. The predicted molar refractivity (Wildman–Crippen MR) is 109 cm³/mol. The summed E-state index contributed by atoms with van der Waals surface area (Å²) in [6.45, 7) is 2.72. The molecule has 0 radical (unpaired) electrons. The molecule has 4 rings (SSSR count). The molecule has 0 bridgehead atoms. The Bertz CT molecular complexity index is 960. The van der Waals surface area contributed by atoms with E-state index >= 15 is 0 Å². The molecule has 3 aromatic rings. The SMILES string of the molecule is O=C(c1ccnc(Nc2cccc(Cl)c2)n1)N1CCN(c2ccccn2)CC1. The van der Waals surface area contributed by atoms with E-state index in [9.17, 15) is 4.79 Å². The maximum absolute atomic E-state index is 12.9. The van der Waals surface area contributed by atoms with Crippen LogP contribution in [0.4, 0.5) is 17.5 Å². The molecular weight excluding hydrogens is 376 g/mol. The molecular formula is C20H19ClN6O. The Balaban J connectivity index is 1.41. The second kappa shape index (κ2) is 8.22. The molecule has 1 fully saturated rings. The minimum Gasteiger partial charge on any atom is -0.353 e. The van der Waals surface area contributed by atoms with E-state index in [0.717, 1.165) is 24.6 Å². The highest BCUT2D eigenvalue weighted by atomic mass is 35.5. The molecule has 142 valence electrons. The zero-order valence-electron chi connectivity index (χ0n) is 15.1. The summed E-state index contributed by atoms with van der Waals surface area (Å²) in [6, 6.07) is 14.7. The summed E-state index contributed by atoms with van der Waals surface area (Å²) in [7, 11) is 0. The van der Waals surface area contributed by atoms with Crippen LogP contribution in [0, 0.1) is 0 Å². The topological polar surface area (TPSA) is 74.2 Å². The lowest BCUT2D eigenvalue weighted by Crippen LogP contribution is -2.49. The zero-order valence-corrected chi connectivity index (χ0v) is 15.9. The molecule has 1 aliphatic heterocycles. The van der Waals surface area contributed by atoms with Gasteiger partial charge in [0.15, 0.2) is 0 Å². The number of nitrogens with one attached hydrogen (secondary N) is 1. The van der Waals surface area contributed by atoms with E-state index in [0.29, 0.717) is 29.8 Å². The maximum Gasteiger partial charge on any atom is 0.272 e. The maximum atomic E-state index is 12.9. The lowest BCUT2D eigenvalue weighted by molar-refractivity contribution is 0.0740. The van der Waals surface area contributed by atoms with Crippen LogP contribution < -0.4 is 10.2 Å². The van der Waals surface area contributed by atoms with Crippen LogP contribution in [0.1, 0.15) is 10.5 Å². The first-order valence-electron chi connectivity index (χ1n) is 9.00. The van der Waals surface area contributed by atoms with Gasteiger partial charge in [-0.3, -0.25) is 4.79 Å². The van der Waals surface area contributed by atoms with Gasteiger partial charge in [-0.15, -0.1) is 0 Å². The molecule has 1 amide bonds. The summed E-state index contributed by atoms with van der Waals surface area (Å²) in [5, 5.41) is 3.69. The Morgan fingerprint density at radius 3 is 2.57 bits per heavy atom. The molecule has 0 saturated carbocycles. The fourth-order valence-corrected chi connectivity index (χ4v) is 3.27. The van der Waals surface area contributed by atoms with Crippen LogP contribution in [0.15, 0.2) is 60.9 Å². The van der Waals surface area contributed by atoms with E-state index in [2.05, 4.69) is 25.2 Å². The second-order valence-electron chi connectivity index (χ2n) is 6.37. The minimum absolute atomic E-state index is 0.0998. The summed E-state index contributed by atoms with van der Waals surface area (Å²) < 4.78 is 0. The molecule has 0 spiro atoms. The first kappa shape index (κ1) is 18.2. The first-order chi connectivity index (χ1) is 13.7. The Hall–Kier alpha value is -3.19. The van der Waals surface area contributed by atoms with E-state index < -0.39 is 0 Å². The van der Waals surface area contributed by atoms with Gasteiger partial charge in [0.05, 0.1) is 0 Å². The number of carbonyl (C=O) groups excluding carboxylic acids is 1. The van der Waals surface area contributed by atoms with Gasteiger partial charge in [-0.05, 0) is 36.4 Å². The number of rotatable bonds is 4. The number of benzene rings is 1. The lowest BCUT2D eigenvalue weighted by Gasteiger charge is -2.35. The van der Waals surface area contributed by atoms with Gasteiger partial charge in [-0.25, -0.2) is 15.0 Å². The smallest absolute Gasteiger partial charge is 0.272 e. The fraction of sp³-hybridized carbons (Fsp3) is 0.200. The number of nitrogens with zero attached hydrogens (tertiary/aromatic N) is 5. The summed E-state index contributed by atoms with van der Waals surface area (Å²) >= 11 is 6.00. The highest BCUT2D eigenvalue weighted by molar-refractivity contribution is 6.30. The van der Waals surface area contributed by atoms with Gasteiger partial charge in [0.1, 0.15) is 11.5 Å². The highest BCUT2D eigenvalue weighted by Gasteiger charge is 2.23. The van der Waals surface area contributed by atoms with Crippen LogP contribution in [0.3, 0.4) is 0 Å². The Kier molecular flexibility index (Phi) is 5.34. The number of halogens is 1. The Morgan fingerprint density at radius 2 is 1.82 bits per heavy atom. The van der Waals surface area contributed by atoms with Crippen LogP contribution in [0.25, 0.3) is 0 Å². The number of hydrogen-bond acceptors (Lipinski definition) is 6. The molecule has 1 aliphatic rings. The number of pyridine rings is 1. The van der Waals surface area contributed by atoms with Crippen molar-refractivity contribution >= 4 is 35.0 Å². The predicted octanol–water partition coefficient (Wildman–Crippen LogP) is 3.23. The summed E-state index contributed by atoms with van der Waals surface area (Å²) in [4.78, 5) is 29.8. The van der Waals surface area contributed by atoms with Crippen molar-refractivity contribution in [1.82, 2.24) is 19.9 Å². The largest absolute Gasteiger partial charge is 0.353 e. The van der Waals surface area contributed by atoms with Gasteiger partial charge in [0.2, 0.25) is 5.95 Å². The van der Waals surface area contributed by atoms with Gasteiger partial charge < -0.3 is 15.1 Å². The van der Waals surface area contributed by atoms with Crippen LogP contribution in [0.2, 0.25) is 5.02 Å². The molecule has 1 saturated heterocycles. The molecule has 8 heteroatoms. The zero-order chi connectivity index (χ0) is 19.3. The van der Waals surface area contributed by atoms with Crippen LogP contribution >= 0.6 is 11.6 Å². The normalized spacial score (nSPS) is 14.0. The monoisotopic (exact) mass is 394 g/mol. The number of amides is 1. The molecule has 2 aromatic heterocycles. The lowest BCUT2D eigenvalue weighted by atomic mass is 10.2. The van der Waals surface area contributed by atoms with Gasteiger partial charge in [0, 0.05) is 49.3 Å². The van der Waals surface area contributed by atoms with Gasteiger partial charge >= 0.3 is 0 Å². The third kappa shape index (κ3) is 4.20. The molecule has 0 aliphatic carbocycles. The molecule has 7 nitrogen and oxygen atoms in total. The van der Waals surface area contributed by atoms with Gasteiger partial charge in [-0.1, -0.05) is 23.7 Å². The fourth-order valence-electron chi connectivity index (χ4n) is 3.07. The number of carbonyl (C=O) groups is 1. The van der Waals surface area contributed by atoms with Crippen molar-refractivity contribution in [1.29, 1.82) is 0 Å². The van der Waals surface area contributed by atoms with E-state index in [4.69, 9.17) is 11.6 Å². The van der Waals surface area contributed by atoms with E-state index in [-0.39, 0.29) is 5.91 Å². The van der Waals surface area contributed by atoms with Crippen molar-refractivity contribution in [3.05, 3.63) is 71.6 Å². The van der Waals surface area contributed by atoms with Crippen LogP contribution in [0.5, 0.6) is 0 Å². The van der Waals surface area contributed by atoms with Gasteiger partial charge in [-0.2, -0.15) is 0 Å². The number of hydrogen-bond donors (Lipinski definition) is 1. The summed E-state index contributed by atoms with van der Waals surface area (Å²) in [6.07, 6.45) is 3.36. The van der Waals surface area contributed by atoms with Crippen molar-refractivity contribution in [3.8, 4) is 0 Å².